The Kier molecular flexibility index (Phi) is 6.40. The second-order valence-corrected chi connectivity index (χ2v) is 6.86. The fourth-order valence-corrected chi connectivity index (χ4v) is 2.42. The minimum absolute atomic E-state index is 0.0283. The standard InChI is InChI=1S/C19H23N3O6/c1-19(2,3)28-14(23)8-11-6-7-12(9-13(11)26-4)22-17(24)15-16(18(25)27-5)21-10-20-15/h6-7,9-10H,8H2,1-5H3,(H,20,21)(H,22,24). The van der Waals surface area contributed by atoms with Crippen molar-refractivity contribution in [2.75, 3.05) is 19.5 Å². The van der Waals surface area contributed by atoms with Crippen LogP contribution in [0.15, 0.2) is 24.5 Å². The summed E-state index contributed by atoms with van der Waals surface area (Å²) in [6, 6.07) is 4.84. The van der Waals surface area contributed by atoms with Gasteiger partial charge < -0.3 is 24.5 Å². The third-order valence-electron chi connectivity index (χ3n) is 3.54. The number of nitrogens with zero attached hydrogens (tertiary/aromatic N) is 1. The van der Waals surface area contributed by atoms with E-state index in [2.05, 4.69) is 20.0 Å². The van der Waals surface area contributed by atoms with Gasteiger partial charge in [-0.1, -0.05) is 6.07 Å². The van der Waals surface area contributed by atoms with Gasteiger partial charge in [-0.2, -0.15) is 0 Å². The molecule has 0 atom stereocenters. The number of carbonyl (C=O) groups excluding carboxylic acids is 3. The number of imidazole rings is 1. The van der Waals surface area contributed by atoms with Gasteiger partial charge in [-0.15, -0.1) is 0 Å². The van der Waals surface area contributed by atoms with E-state index < -0.39 is 17.5 Å². The largest absolute Gasteiger partial charge is 0.496 e. The minimum atomic E-state index is -0.701. The maximum absolute atomic E-state index is 12.4. The summed E-state index contributed by atoms with van der Waals surface area (Å²) in [6.07, 6.45) is 1.26. The number of aromatic amines is 1. The first-order chi connectivity index (χ1) is 13.1. The number of aromatic nitrogens is 2. The molecule has 1 amide bonds. The number of carbonyl (C=O) groups is 3. The van der Waals surface area contributed by atoms with Crippen LogP contribution < -0.4 is 10.1 Å². The third kappa shape index (κ3) is 5.32. The third-order valence-corrected chi connectivity index (χ3v) is 3.54. The van der Waals surface area contributed by atoms with Crippen molar-refractivity contribution in [2.24, 2.45) is 0 Å². The molecule has 0 unspecified atom stereocenters. The topological polar surface area (TPSA) is 120 Å². The monoisotopic (exact) mass is 389 g/mol. The Labute approximate surface area is 162 Å². The summed E-state index contributed by atoms with van der Waals surface area (Å²) in [6.45, 7) is 5.37. The molecule has 0 saturated carbocycles. The van der Waals surface area contributed by atoms with E-state index in [1.807, 2.05) is 0 Å². The molecule has 0 fully saturated rings. The average molecular weight is 389 g/mol. The number of esters is 2. The Morgan fingerprint density at radius 1 is 1.18 bits per heavy atom. The zero-order valence-electron chi connectivity index (χ0n) is 16.4. The van der Waals surface area contributed by atoms with Gasteiger partial charge in [-0.3, -0.25) is 9.59 Å². The van der Waals surface area contributed by atoms with Gasteiger partial charge in [0.2, 0.25) is 0 Å². The normalized spacial score (nSPS) is 10.9. The number of methoxy groups -OCH3 is 2. The molecular formula is C19H23N3O6. The van der Waals surface area contributed by atoms with Crippen molar-refractivity contribution in [1.29, 1.82) is 0 Å². The molecule has 2 N–H and O–H groups in total. The number of nitrogens with one attached hydrogen (secondary N) is 2. The molecule has 0 radical (unpaired) electrons. The van der Waals surface area contributed by atoms with Crippen LogP contribution in [-0.2, 0) is 20.7 Å². The molecule has 0 aliphatic heterocycles. The first-order valence-corrected chi connectivity index (χ1v) is 8.46. The summed E-state index contributed by atoms with van der Waals surface area (Å²) in [4.78, 5) is 42.5. The van der Waals surface area contributed by atoms with Crippen molar-refractivity contribution < 1.29 is 28.6 Å². The molecule has 1 heterocycles. The number of benzene rings is 1. The second kappa shape index (κ2) is 8.55. The van der Waals surface area contributed by atoms with Gasteiger partial charge in [0, 0.05) is 17.3 Å². The van der Waals surface area contributed by atoms with E-state index in [1.54, 1.807) is 39.0 Å². The Morgan fingerprint density at radius 3 is 2.50 bits per heavy atom. The fourth-order valence-electron chi connectivity index (χ4n) is 2.42. The summed E-state index contributed by atoms with van der Waals surface area (Å²) in [5.41, 5.74) is 0.301. The van der Waals surface area contributed by atoms with Crippen molar-refractivity contribution in [1.82, 2.24) is 9.97 Å². The highest BCUT2D eigenvalue weighted by molar-refractivity contribution is 6.09. The van der Waals surface area contributed by atoms with Gasteiger partial charge in [0.25, 0.3) is 5.91 Å². The van der Waals surface area contributed by atoms with Crippen LogP contribution in [0.1, 0.15) is 47.3 Å². The predicted molar refractivity (Wildman–Crippen MR) is 100 cm³/mol. The number of H-pyrrole nitrogens is 1. The van der Waals surface area contributed by atoms with Crippen LogP contribution in [0.5, 0.6) is 5.75 Å². The quantitative estimate of drug-likeness (QED) is 0.728. The predicted octanol–water partition coefficient (Wildman–Crippen LogP) is 2.34. The molecule has 1 aromatic carbocycles. The van der Waals surface area contributed by atoms with Gasteiger partial charge in [0.05, 0.1) is 27.0 Å². The highest BCUT2D eigenvalue weighted by Crippen LogP contribution is 2.25. The molecule has 9 heteroatoms. The van der Waals surface area contributed by atoms with E-state index in [0.29, 0.717) is 17.0 Å². The molecule has 0 bridgehead atoms. The Balaban J connectivity index is 2.16. The lowest BCUT2D eigenvalue weighted by molar-refractivity contribution is -0.153. The molecule has 0 saturated heterocycles. The molecule has 2 rings (SSSR count). The van der Waals surface area contributed by atoms with Gasteiger partial charge in [-0.25, -0.2) is 9.78 Å². The number of amides is 1. The van der Waals surface area contributed by atoms with Gasteiger partial charge in [0.15, 0.2) is 11.4 Å². The Bertz CT molecular complexity index is 882. The van der Waals surface area contributed by atoms with Crippen molar-refractivity contribution >= 4 is 23.5 Å². The zero-order chi connectivity index (χ0) is 20.9. The summed E-state index contributed by atoms with van der Waals surface area (Å²) < 4.78 is 15.2. The highest BCUT2D eigenvalue weighted by atomic mass is 16.6. The number of ether oxygens (including phenoxy) is 3. The van der Waals surface area contributed by atoms with Crippen molar-refractivity contribution in [3.8, 4) is 5.75 Å². The molecule has 9 nitrogen and oxygen atoms in total. The van der Waals surface area contributed by atoms with Crippen LogP contribution in [0.3, 0.4) is 0 Å². The number of anilines is 1. The number of hydrogen-bond acceptors (Lipinski definition) is 7. The van der Waals surface area contributed by atoms with Crippen molar-refractivity contribution in [3.05, 3.63) is 41.5 Å². The zero-order valence-corrected chi connectivity index (χ0v) is 16.4. The summed E-state index contributed by atoms with van der Waals surface area (Å²) in [5, 5.41) is 2.63. The van der Waals surface area contributed by atoms with Crippen molar-refractivity contribution in [3.63, 3.8) is 0 Å². The van der Waals surface area contributed by atoms with Crippen molar-refractivity contribution in [2.45, 2.75) is 32.8 Å². The molecular weight excluding hydrogens is 366 g/mol. The maximum atomic E-state index is 12.4. The van der Waals surface area contributed by atoms with Gasteiger partial charge >= 0.3 is 11.9 Å². The van der Waals surface area contributed by atoms with E-state index >= 15 is 0 Å². The lowest BCUT2D eigenvalue weighted by atomic mass is 10.1. The summed E-state index contributed by atoms with van der Waals surface area (Å²) >= 11 is 0. The summed E-state index contributed by atoms with van der Waals surface area (Å²) in [5.74, 6) is -1.27. The number of hydrogen-bond donors (Lipinski definition) is 2. The molecule has 2 aromatic rings. The van der Waals surface area contributed by atoms with Crippen LogP contribution in [0, 0.1) is 0 Å². The SMILES string of the molecule is COC(=O)c1[nH]cnc1C(=O)Nc1ccc(CC(=O)OC(C)(C)C)c(OC)c1. The highest BCUT2D eigenvalue weighted by Gasteiger charge is 2.22. The first-order valence-electron chi connectivity index (χ1n) is 8.46. The first kappa shape index (κ1) is 20.9. The minimum Gasteiger partial charge on any atom is -0.496 e. The Morgan fingerprint density at radius 2 is 1.89 bits per heavy atom. The van der Waals surface area contributed by atoms with Crippen LogP contribution in [-0.4, -0.2) is 47.6 Å². The van der Waals surface area contributed by atoms with E-state index in [-0.39, 0.29) is 23.8 Å². The van der Waals surface area contributed by atoms with Crippen LogP contribution >= 0.6 is 0 Å². The number of rotatable bonds is 6. The van der Waals surface area contributed by atoms with Crippen LogP contribution in [0.2, 0.25) is 0 Å². The molecule has 150 valence electrons. The molecule has 0 aliphatic carbocycles. The molecule has 1 aromatic heterocycles. The van der Waals surface area contributed by atoms with E-state index in [9.17, 15) is 14.4 Å². The van der Waals surface area contributed by atoms with E-state index in [1.165, 1.54) is 20.5 Å². The van der Waals surface area contributed by atoms with Crippen LogP contribution in [0.4, 0.5) is 5.69 Å². The van der Waals surface area contributed by atoms with Gasteiger partial charge in [0.1, 0.15) is 11.4 Å². The van der Waals surface area contributed by atoms with Crippen LogP contribution in [0.25, 0.3) is 0 Å². The summed E-state index contributed by atoms with van der Waals surface area (Å²) in [7, 11) is 2.67. The maximum Gasteiger partial charge on any atom is 0.356 e. The fraction of sp³-hybridized carbons (Fsp3) is 0.368. The molecule has 0 aliphatic rings. The molecule has 0 spiro atoms. The van der Waals surface area contributed by atoms with E-state index in [4.69, 9.17) is 9.47 Å². The molecule has 28 heavy (non-hydrogen) atoms. The lowest BCUT2D eigenvalue weighted by Gasteiger charge is -2.20. The smallest absolute Gasteiger partial charge is 0.356 e. The Hall–Kier alpha value is -3.36. The second-order valence-electron chi connectivity index (χ2n) is 6.86. The van der Waals surface area contributed by atoms with E-state index in [0.717, 1.165) is 0 Å². The van der Waals surface area contributed by atoms with Gasteiger partial charge in [-0.05, 0) is 26.8 Å². The lowest BCUT2D eigenvalue weighted by Crippen LogP contribution is -2.25. The average Bonchev–Trinajstić information content (AvgIpc) is 3.10.